The lowest BCUT2D eigenvalue weighted by Crippen LogP contribution is -2.64. The van der Waals surface area contributed by atoms with Gasteiger partial charge in [-0.25, -0.2) is 0 Å². The van der Waals surface area contributed by atoms with E-state index in [1.165, 1.54) is 11.1 Å². The Morgan fingerprint density at radius 3 is 1.78 bits per heavy atom. The molecule has 0 heterocycles. The van der Waals surface area contributed by atoms with Crippen LogP contribution < -0.4 is 0 Å². The van der Waals surface area contributed by atoms with Gasteiger partial charge in [-0.2, -0.15) is 0 Å². The van der Waals surface area contributed by atoms with Gasteiger partial charge in [0.1, 0.15) is 5.54 Å². The maximum absolute atomic E-state index is 2.39. The van der Waals surface area contributed by atoms with Crippen LogP contribution in [0.4, 0.5) is 0 Å². The largest absolute Gasteiger partial charge is 0.314 e. The van der Waals surface area contributed by atoms with Gasteiger partial charge < -0.3 is 4.48 Å². The van der Waals surface area contributed by atoms with Crippen LogP contribution >= 0.6 is 0 Å². The number of hydrogen-bond donors (Lipinski definition) is 0. The van der Waals surface area contributed by atoms with Crippen molar-refractivity contribution < 1.29 is 4.48 Å². The molecule has 0 amide bonds. The summed E-state index contributed by atoms with van der Waals surface area (Å²) in [6.07, 6.45) is 0. The molecule has 1 nitrogen and oxygen atoms in total. The molecule has 0 aliphatic rings. The number of aryl methyl sites for hydroxylation is 1. The maximum atomic E-state index is 2.39. The van der Waals surface area contributed by atoms with Gasteiger partial charge >= 0.3 is 0 Å². The first-order valence-corrected chi connectivity index (χ1v) is 7.07. The minimum absolute atomic E-state index is 0.119. The van der Waals surface area contributed by atoms with E-state index < -0.39 is 0 Å². The van der Waals surface area contributed by atoms with Crippen LogP contribution in [-0.4, -0.2) is 23.6 Å². The molecule has 0 aromatic heterocycles. The number of nitrogens with zero attached hydrogens (tertiary/aromatic N) is 1. The van der Waals surface area contributed by atoms with Crippen molar-refractivity contribution in [2.24, 2.45) is 0 Å². The molecule has 1 rings (SSSR count). The van der Waals surface area contributed by atoms with Gasteiger partial charge in [-0.3, -0.25) is 0 Å². The second kappa shape index (κ2) is 5.05. The summed E-state index contributed by atoms with van der Waals surface area (Å²) >= 11 is 0. The molecule has 0 aliphatic carbocycles. The summed E-state index contributed by atoms with van der Waals surface area (Å²) in [5.74, 6) is 0. The van der Waals surface area contributed by atoms with Crippen molar-refractivity contribution in [1.82, 2.24) is 0 Å². The molecule has 0 aliphatic heterocycles. The quantitative estimate of drug-likeness (QED) is 0.689. The molecular formula is C17H30N+. The fraction of sp³-hybridized carbons (Fsp3) is 0.647. The fourth-order valence-electron chi connectivity index (χ4n) is 3.41. The molecule has 0 N–H and O–H groups in total. The molecule has 1 aromatic carbocycles. The smallest absolute Gasteiger partial charge is 0.119 e. The van der Waals surface area contributed by atoms with Crippen LogP contribution in [0.3, 0.4) is 0 Å². The third-order valence-corrected chi connectivity index (χ3v) is 5.15. The topological polar surface area (TPSA) is 0 Å². The highest BCUT2D eigenvalue weighted by Crippen LogP contribution is 2.39. The Hall–Kier alpha value is -0.820. The van der Waals surface area contributed by atoms with Crippen LogP contribution in [0.5, 0.6) is 0 Å². The van der Waals surface area contributed by atoms with Gasteiger partial charge in [-0.1, -0.05) is 24.3 Å². The molecule has 0 radical (unpaired) electrons. The highest BCUT2D eigenvalue weighted by Gasteiger charge is 2.46. The Labute approximate surface area is 113 Å². The van der Waals surface area contributed by atoms with E-state index in [0.717, 1.165) is 4.48 Å². The molecule has 0 fully saturated rings. The average Bonchev–Trinajstić information content (AvgIpc) is 2.27. The Balaban J connectivity index is 3.40. The second-order valence-electron chi connectivity index (χ2n) is 6.71. The Kier molecular flexibility index (Phi) is 4.27. The zero-order valence-corrected chi connectivity index (χ0v) is 13.4. The van der Waals surface area contributed by atoms with Gasteiger partial charge in [-0.05, 0) is 54.0 Å². The monoisotopic (exact) mass is 248 g/mol. The highest BCUT2D eigenvalue weighted by atomic mass is 15.4. The van der Waals surface area contributed by atoms with E-state index in [0.29, 0.717) is 12.1 Å². The van der Waals surface area contributed by atoms with E-state index in [-0.39, 0.29) is 5.54 Å². The van der Waals surface area contributed by atoms with E-state index in [9.17, 15) is 0 Å². The first kappa shape index (κ1) is 15.2. The molecule has 0 unspecified atom stereocenters. The van der Waals surface area contributed by atoms with Crippen LogP contribution in [0.2, 0.25) is 0 Å². The van der Waals surface area contributed by atoms with E-state index in [2.05, 4.69) is 79.8 Å². The van der Waals surface area contributed by atoms with Crippen LogP contribution in [0, 0.1) is 6.92 Å². The molecule has 0 saturated carbocycles. The van der Waals surface area contributed by atoms with Gasteiger partial charge in [0.25, 0.3) is 0 Å². The molecule has 0 bridgehead atoms. The highest BCUT2D eigenvalue weighted by molar-refractivity contribution is 5.30. The third-order valence-electron chi connectivity index (χ3n) is 5.15. The van der Waals surface area contributed by atoms with Gasteiger partial charge in [0.05, 0.1) is 19.1 Å². The summed E-state index contributed by atoms with van der Waals surface area (Å²) in [4.78, 5) is 0. The standard InChI is InChI=1S/C17H30N/c1-13(2)18(8,14(3)4)17(6,7)16-12-10-9-11-15(16)5/h9-14H,1-8H3/q+1. The fourth-order valence-corrected chi connectivity index (χ4v) is 3.41. The van der Waals surface area contributed by atoms with Gasteiger partial charge in [0.2, 0.25) is 0 Å². The predicted molar refractivity (Wildman–Crippen MR) is 80.7 cm³/mol. The normalized spacial score (nSPS) is 13.4. The van der Waals surface area contributed by atoms with Crippen LogP contribution in [0.15, 0.2) is 24.3 Å². The van der Waals surface area contributed by atoms with Crippen LogP contribution in [0.1, 0.15) is 52.7 Å². The van der Waals surface area contributed by atoms with E-state index in [1.807, 2.05) is 0 Å². The number of benzene rings is 1. The van der Waals surface area contributed by atoms with Crippen molar-refractivity contribution in [2.45, 2.75) is 66.1 Å². The molecule has 102 valence electrons. The van der Waals surface area contributed by atoms with Crippen molar-refractivity contribution in [3.8, 4) is 0 Å². The zero-order chi connectivity index (χ0) is 14.1. The molecule has 0 spiro atoms. The summed E-state index contributed by atoms with van der Waals surface area (Å²) in [6, 6.07) is 10.00. The number of quaternary nitrogens is 1. The summed E-state index contributed by atoms with van der Waals surface area (Å²) in [6.45, 7) is 16.3. The average molecular weight is 248 g/mol. The maximum Gasteiger partial charge on any atom is 0.119 e. The predicted octanol–water partition coefficient (Wildman–Crippen LogP) is 4.49. The molecule has 1 aromatic rings. The Morgan fingerprint density at radius 1 is 0.944 bits per heavy atom. The Morgan fingerprint density at radius 2 is 1.39 bits per heavy atom. The van der Waals surface area contributed by atoms with E-state index in [4.69, 9.17) is 0 Å². The lowest BCUT2D eigenvalue weighted by molar-refractivity contribution is -0.999. The molecule has 18 heavy (non-hydrogen) atoms. The molecule has 0 atom stereocenters. The number of rotatable bonds is 4. The summed E-state index contributed by atoms with van der Waals surface area (Å²) in [7, 11) is 2.39. The summed E-state index contributed by atoms with van der Waals surface area (Å²) in [5.41, 5.74) is 2.98. The van der Waals surface area contributed by atoms with Crippen LogP contribution in [0.25, 0.3) is 0 Å². The van der Waals surface area contributed by atoms with Gasteiger partial charge in [0.15, 0.2) is 0 Å². The first-order chi connectivity index (χ1) is 8.15. The molecular weight excluding hydrogens is 218 g/mol. The first-order valence-electron chi connectivity index (χ1n) is 7.07. The second-order valence-corrected chi connectivity index (χ2v) is 6.71. The van der Waals surface area contributed by atoms with Gasteiger partial charge in [-0.15, -0.1) is 0 Å². The lowest BCUT2D eigenvalue weighted by Gasteiger charge is -2.54. The van der Waals surface area contributed by atoms with E-state index >= 15 is 0 Å². The SMILES string of the molecule is Cc1ccccc1C(C)(C)[N+](C)(C(C)C)C(C)C. The minimum atomic E-state index is 0.119. The summed E-state index contributed by atoms with van der Waals surface area (Å²) < 4.78 is 1.05. The number of hydrogen-bond acceptors (Lipinski definition) is 0. The van der Waals surface area contributed by atoms with Crippen molar-refractivity contribution in [3.05, 3.63) is 35.4 Å². The Bertz CT molecular complexity index is 394. The van der Waals surface area contributed by atoms with Crippen molar-refractivity contribution in [1.29, 1.82) is 0 Å². The minimum Gasteiger partial charge on any atom is -0.314 e. The van der Waals surface area contributed by atoms with Gasteiger partial charge in [0, 0.05) is 5.56 Å². The van der Waals surface area contributed by atoms with Crippen molar-refractivity contribution in [3.63, 3.8) is 0 Å². The molecule has 1 heteroatoms. The van der Waals surface area contributed by atoms with Crippen molar-refractivity contribution in [2.75, 3.05) is 7.05 Å². The van der Waals surface area contributed by atoms with E-state index in [1.54, 1.807) is 0 Å². The molecule has 0 saturated heterocycles. The van der Waals surface area contributed by atoms with Crippen molar-refractivity contribution >= 4 is 0 Å². The third kappa shape index (κ3) is 2.21. The lowest BCUT2D eigenvalue weighted by atomic mass is 9.84. The summed E-state index contributed by atoms with van der Waals surface area (Å²) in [5, 5.41) is 0. The van der Waals surface area contributed by atoms with Crippen LogP contribution in [-0.2, 0) is 5.54 Å². The zero-order valence-electron chi connectivity index (χ0n) is 13.4.